The number of hydrogen-bond acceptors (Lipinski definition) is 4. The van der Waals surface area contributed by atoms with Crippen LogP contribution in [0.15, 0.2) is 0 Å². The molecule has 1 atom stereocenters. The fourth-order valence-corrected chi connectivity index (χ4v) is 0. The number of carbonyl (C=O) groups excluding carboxylic acids is 2. The summed E-state index contributed by atoms with van der Waals surface area (Å²) < 4.78 is 24.1. The average Bonchev–Trinajstić information content (AvgIpc) is 1.65. The van der Waals surface area contributed by atoms with Crippen molar-refractivity contribution in [1.82, 2.24) is 0 Å². The molecule has 7 heteroatoms. The predicted octanol–water partition coefficient (Wildman–Crippen LogP) is -3.88. The Morgan fingerprint density at radius 3 is 1.80 bits per heavy atom. The molecule has 0 rings (SSSR count). The summed E-state index contributed by atoms with van der Waals surface area (Å²) in [5.41, 5.74) is 0. The van der Waals surface area contributed by atoms with Gasteiger partial charge in [-0.3, -0.25) is 9.59 Å². The Morgan fingerprint density at radius 2 is 1.80 bits per heavy atom. The number of carbonyl (C=O) groups is 2. The first kappa shape index (κ1) is 16.8. The Hall–Kier alpha value is 0.410. The van der Waals surface area contributed by atoms with Gasteiger partial charge in [0, 0.05) is 6.92 Å². The maximum Gasteiger partial charge on any atom is 1.00 e. The maximum absolute atomic E-state index is 9.44. The van der Waals surface area contributed by atoms with E-state index in [1.54, 1.807) is 0 Å². The van der Waals surface area contributed by atoms with Crippen molar-refractivity contribution in [3.8, 4) is 0 Å². The largest absolute Gasteiger partial charge is 1.00 e. The van der Waals surface area contributed by atoms with Crippen LogP contribution in [-0.2, 0) is 21.0 Å². The van der Waals surface area contributed by atoms with E-state index in [0.717, 1.165) is 0 Å². The number of ketones is 1. The van der Waals surface area contributed by atoms with Crippen molar-refractivity contribution in [3.63, 3.8) is 0 Å². The Labute approximate surface area is 82.6 Å². The van der Waals surface area contributed by atoms with Gasteiger partial charge in [0.05, 0.1) is 11.4 Å². The zero-order chi connectivity index (χ0) is 7.86. The first-order chi connectivity index (χ1) is 4.00. The Balaban J connectivity index is -0.0000000910. The SMILES string of the molecule is CC(=O)C=O.O=S([O-])O.[Na+]. The molecule has 5 nitrogen and oxygen atoms in total. The van der Waals surface area contributed by atoms with Crippen LogP contribution in [-0.4, -0.2) is 25.4 Å². The molecule has 0 fully saturated rings. The molecule has 0 aromatic heterocycles. The molecule has 1 unspecified atom stereocenters. The van der Waals surface area contributed by atoms with Crippen LogP contribution >= 0.6 is 0 Å². The summed E-state index contributed by atoms with van der Waals surface area (Å²) in [6, 6.07) is 0. The van der Waals surface area contributed by atoms with Gasteiger partial charge in [-0.15, -0.1) is 0 Å². The molecule has 10 heavy (non-hydrogen) atoms. The summed E-state index contributed by atoms with van der Waals surface area (Å²) in [6.07, 6.45) is 0.278. The molecule has 0 aromatic carbocycles. The monoisotopic (exact) mass is 176 g/mol. The zero-order valence-corrected chi connectivity index (χ0v) is 8.38. The fourth-order valence-electron chi connectivity index (χ4n) is 0. The van der Waals surface area contributed by atoms with E-state index in [-0.39, 0.29) is 35.8 Å². The van der Waals surface area contributed by atoms with Gasteiger partial charge in [0.2, 0.25) is 0 Å². The first-order valence-electron chi connectivity index (χ1n) is 1.74. The van der Waals surface area contributed by atoms with Gasteiger partial charge < -0.3 is 9.11 Å². The van der Waals surface area contributed by atoms with Gasteiger partial charge in [0.1, 0.15) is 0 Å². The van der Waals surface area contributed by atoms with E-state index < -0.39 is 17.1 Å². The molecule has 0 radical (unpaired) electrons. The molecule has 1 N–H and O–H groups in total. The van der Waals surface area contributed by atoms with Crippen LogP contribution in [0.25, 0.3) is 0 Å². The van der Waals surface area contributed by atoms with E-state index in [1.807, 2.05) is 0 Å². The van der Waals surface area contributed by atoms with Crippen LogP contribution in [0, 0.1) is 0 Å². The van der Waals surface area contributed by atoms with Crippen molar-refractivity contribution in [2.24, 2.45) is 0 Å². The molecule has 0 saturated heterocycles. The van der Waals surface area contributed by atoms with Crippen LogP contribution in [0.1, 0.15) is 6.92 Å². The second kappa shape index (κ2) is 12.1. The van der Waals surface area contributed by atoms with Crippen molar-refractivity contribution >= 4 is 23.4 Å². The molecule has 0 saturated carbocycles. The van der Waals surface area contributed by atoms with Gasteiger partial charge in [-0.2, -0.15) is 0 Å². The van der Waals surface area contributed by atoms with Crippen molar-refractivity contribution in [2.45, 2.75) is 6.92 Å². The summed E-state index contributed by atoms with van der Waals surface area (Å²) in [4.78, 5) is 18.6. The molecule has 0 amide bonds. The van der Waals surface area contributed by atoms with Gasteiger partial charge in [-0.05, 0) is 0 Å². The number of Topliss-reactive ketones (excluding diaryl/α,β-unsaturated/α-hetero) is 1. The zero-order valence-electron chi connectivity index (χ0n) is 5.57. The maximum atomic E-state index is 9.44. The summed E-state index contributed by atoms with van der Waals surface area (Å²) in [5.74, 6) is -0.426. The summed E-state index contributed by atoms with van der Waals surface area (Å²) in [5, 5.41) is 0. The van der Waals surface area contributed by atoms with Crippen molar-refractivity contribution in [3.05, 3.63) is 0 Å². The number of rotatable bonds is 1. The summed E-state index contributed by atoms with van der Waals surface area (Å²) in [7, 11) is 0. The van der Waals surface area contributed by atoms with Crippen LogP contribution in [0.5, 0.6) is 0 Å². The molecule has 0 aliphatic carbocycles. The molecule has 0 aliphatic rings. The standard InChI is InChI=1S/C3H4O2.Na.H2O3S/c1-3(5)2-4;;1-4(2)3/h2H,1H3;;(H2,1,2,3)/q;+1;/p-1. The molecular formula is C3H5NaO5S. The Kier molecular flexibility index (Phi) is 20.3. The molecule has 0 heterocycles. The van der Waals surface area contributed by atoms with E-state index >= 15 is 0 Å². The van der Waals surface area contributed by atoms with Gasteiger partial charge in [-0.1, -0.05) is 0 Å². The minimum atomic E-state index is -2.86. The minimum Gasteiger partial charge on any atom is -0.750 e. The van der Waals surface area contributed by atoms with E-state index in [0.29, 0.717) is 0 Å². The number of hydrogen-bond donors (Lipinski definition) is 1. The van der Waals surface area contributed by atoms with Crippen LogP contribution in [0.3, 0.4) is 0 Å². The van der Waals surface area contributed by atoms with Crippen LogP contribution in [0.2, 0.25) is 0 Å². The molecule has 0 aliphatic heterocycles. The van der Waals surface area contributed by atoms with Gasteiger partial charge >= 0.3 is 29.6 Å². The smallest absolute Gasteiger partial charge is 0.750 e. The van der Waals surface area contributed by atoms with E-state index in [2.05, 4.69) is 0 Å². The topological polar surface area (TPSA) is 94.5 Å². The summed E-state index contributed by atoms with van der Waals surface area (Å²) in [6.45, 7) is 1.22. The van der Waals surface area contributed by atoms with E-state index in [4.69, 9.17) is 18.1 Å². The van der Waals surface area contributed by atoms with Crippen molar-refractivity contribution in [1.29, 1.82) is 0 Å². The van der Waals surface area contributed by atoms with Crippen LogP contribution < -0.4 is 29.6 Å². The predicted molar refractivity (Wildman–Crippen MR) is 28.3 cm³/mol. The van der Waals surface area contributed by atoms with E-state index in [1.165, 1.54) is 6.92 Å². The average molecular weight is 176 g/mol. The Bertz CT molecular complexity index is 120. The van der Waals surface area contributed by atoms with Gasteiger partial charge in [0.15, 0.2) is 12.1 Å². The second-order valence-corrected chi connectivity index (χ2v) is 1.38. The van der Waals surface area contributed by atoms with Crippen LogP contribution in [0.4, 0.5) is 0 Å². The van der Waals surface area contributed by atoms with Gasteiger partial charge in [0.25, 0.3) is 0 Å². The van der Waals surface area contributed by atoms with E-state index in [9.17, 15) is 4.79 Å². The van der Waals surface area contributed by atoms with Crippen molar-refractivity contribution < 1.29 is 52.5 Å². The van der Waals surface area contributed by atoms with Gasteiger partial charge in [-0.25, -0.2) is 4.21 Å². The molecule has 0 spiro atoms. The molecule has 0 aromatic rings. The first-order valence-corrected chi connectivity index (χ1v) is 2.78. The third kappa shape index (κ3) is 79.5. The second-order valence-electron chi connectivity index (χ2n) is 0.946. The fraction of sp³-hybridized carbons (Fsp3) is 0.333. The summed E-state index contributed by atoms with van der Waals surface area (Å²) >= 11 is -2.86. The molecule has 0 bridgehead atoms. The third-order valence-corrected chi connectivity index (χ3v) is 0.166. The minimum absolute atomic E-state index is 0. The Morgan fingerprint density at radius 1 is 1.70 bits per heavy atom. The normalized spacial score (nSPS) is 9.50. The number of aldehydes is 1. The quantitative estimate of drug-likeness (QED) is 0.191. The molecular weight excluding hydrogens is 171 g/mol. The molecule has 54 valence electrons. The van der Waals surface area contributed by atoms with Crippen molar-refractivity contribution in [2.75, 3.05) is 0 Å². The third-order valence-electron chi connectivity index (χ3n) is 0.166.